The van der Waals surface area contributed by atoms with Crippen molar-refractivity contribution in [3.05, 3.63) is 23.3 Å². The molecule has 0 spiro atoms. The number of ether oxygens (including phenoxy) is 1. The second kappa shape index (κ2) is 8.70. The Bertz CT molecular complexity index is 958. The number of hydrogen-bond acceptors (Lipinski definition) is 6. The van der Waals surface area contributed by atoms with Crippen LogP contribution in [0, 0.1) is 17.3 Å². The number of fused-ring (bicyclic) bond motifs is 1. The molecule has 0 N–H and O–H groups in total. The van der Waals surface area contributed by atoms with E-state index in [1.54, 1.807) is 13.8 Å². The van der Waals surface area contributed by atoms with Crippen molar-refractivity contribution >= 4 is 13.6 Å². The summed E-state index contributed by atoms with van der Waals surface area (Å²) in [6.45, 7) is 14.9. The zero-order chi connectivity index (χ0) is 24.2. The first-order chi connectivity index (χ1) is 15.5. The largest absolute Gasteiger partial charge is 0.530 e. The number of Topliss-reactive ketones (excluding diaryl/α,β-unsaturated/α-hetero) is 1. The zero-order valence-corrected chi connectivity index (χ0v) is 22.0. The summed E-state index contributed by atoms with van der Waals surface area (Å²) in [5, 5.41) is 0. The minimum Gasteiger partial charge on any atom is -0.482 e. The Morgan fingerprint density at radius 3 is 2.39 bits per heavy atom. The Kier molecular flexibility index (Phi) is 6.52. The maximum Gasteiger partial charge on any atom is 0.530 e. The van der Waals surface area contributed by atoms with Gasteiger partial charge in [-0.2, -0.15) is 0 Å². The van der Waals surface area contributed by atoms with Gasteiger partial charge in [0, 0.05) is 17.4 Å². The molecule has 1 heterocycles. The third kappa shape index (κ3) is 4.06. The predicted octanol–water partition coefficient (Wildman–Crippen LogP) is 6.80. The van der Waals surface area contributed by atoms with E-state index in [4.69, 9.17) is 18.3 Å². The van der Waals surface area contributed by atoms with Gasteiger partial charge in [-0.3, -0.25) is 13.8 Å². The van der Waals surface area contributed by atoms with Crippen molar-refractivity contribution in [2.75, 3.05) is 13.2 Å². The highest BCUT2D eigenvalue weighted by Gasteiger charge is 2.66. The molecule has 3 fully saturated rings. The fourth-order valence-corrected chi connectivity index (χ4v) is 7.25. The number of benzene rings is 1. The molecule has 0 saturated heterocycles. The van der Waals surface area contributed by atoms with E-state index in [0.29, 0.717) is 17.4 Å². The maximum absolute atomic E-state index is 13.4. The van der Waals surface area contributed by atoms with Gasteiger partial charge in [-0.1, -0.05) is 47.5 Å². The molecule has 0 unspecified atom stereocenters. The van der Waals surface area contributed by atoms with Gasteiger partial charge in [0.2, 0.25) is 0 Å². The van der Waals surface area contributed by atoms with Crippen LogP contribution in [0.15, 0.2) is 12.1 Å². The molecular weight excluding hydrogens is 439 g/mol. The highest BCUT2D eigenvalue weighted by atomic mass is 31.2. The molecule has 4 atom stereocenters. The molecule has 0 aromatic heterocycles. The van der Waals surface area contributed by atoms with E-state index < -0.39 is 13.9 Å². The van der Waals surface area contributed by atoms with Crippen molar-refractivity contribution in [2.24, 2.45) is 17.3 Å². The highest BCUT2D eigenvalue weighted by Crippen LogP contribution is 2.68. The first kappa shape index (κ1) is 24.8. The smallest absolute Gasteiger partial charge is 0.482 e. The molecule has 1 aromatic rings. The lowest BCUT2D eigenvalue weighted by Crippen LogP contribution is -2.61. The summed E-state index contributed by atoms with van der Waals surface area (Å²) in [4.78, 5) is 13.3. The Morgan fingerprint density at radius 2 is 1.82 bits per heavy atom. The van der Waals surface area contributed by atoms with E-state index in [9.17, 15) is 9.36 Å². The summed E-state index contributed by atoms with van der Waals surface area (Å²) in [5.74, 6) is 1.58. The van der Waals surface area contributed by atoms with Crippen LogP contribution in [0.3, 0.4) is 0 Å². The average Bonchev–Trinajstić information content (AvgIpc) is 3.12. The van der Waals surface area contributed by atoms with E-state index in [1.165, 1.54) is 0 Å². The first-order valence-corrected chi connectivity index (χ1v) is 13.9. The van der Waals surface area contributed by atoms with Gasteiger partial charge in [0.15, 0.2) is 11.9 Å². The third-order valence-electron chi connectivity index (χ3n) is 8.14. The number of unbranched alkanes of at least 4 members (excludes halogenated alkanes) is 1. The van der Waals surface area contributed by atoms with Crippen molar-refractivity contribution in [1.82, 2.24) is 0 Å². The van der Waals surface area contributed by atoms with E-state index in [2.05, 4.69) is 40.7 Å². The van der Waals surface area contributed by atoms with E-state index >= 15 is 0 Å². The lowest BCUT2D eigenvalue weighted by Gasteiger charge is -2.59. The summed E-state index contributed by atoms with van der Waals surface area (Å²) in [7, 11) is -3.81. The highest BCUT2D eigenvalue weighted by molar-refractivity contribution is 7.48. The number of hydrogen-bond donors (Lipinski definition) is 0. The number of ketones is 1. The summed E-state index contributed by atoms with van der Waals surface area (Å²) in [6.07, 6.45) is 3.58. The van der Waals surface area contributed by atoms with Crippen molar-refractivity contribution < 1.29 is 27.7 Å². The van der Waals surface area contributed by atoms with E-state index in [1.807, 2.05) is 6.07 Å². The molecule has 5 rings (SSSR count). The zero-order valence-electron chi connectivity index (χ0n) is 21.1. The minimum atomic E-state index is -3.81. The second-order valence-electron chi connectivity index (χ2n) is 10.9. The molecule has 0 radical (unpaired) electrons. The van der Waals surface area contributed by atoms with Crippen LogP contribution in [0.4, 0.5) is 0 Å². The number of rotatable bonds is 10. The summed E-state index contributed by atoms with van der Waals surface area (Å²) < 4.78 is 36.7. The molecule has 4 aliphatic rings. The molecule has 3 saturated carbocycles. The monoisotopic (exact) mass is 478 g/mol. The van der Waals surface area contributed by atoms with Crippen LogP contribution in [0.25, 0.3) is 0 Å². The number of carbonyl (C=O) groups is 1. The van der Waals surface area contributed by atoms with E-state index in [-0.39, 0.29) is 41.7 Å². The summed E-state index contributed by atoms with van der Waals surface area (Å²) in [6, 6.07) is 4.05. The van der Waals surface area contributed by atoms with Crippen LogP contribution in [-0.4, -0.2) is 25.1 Å². The Morgan fingerprint density at radius 1 is 1.15 bits per heavy atom. The van der Waals surface area contributed by atoms with Crippen LogP contribution in [0.5, 0.6) is 11.5 Å². The second-order valence-corrected chi connectivity index (χ2v) is 12.5. The quantitative estimate of drug-likeness (QED) is 0.344. The van der Waals surface area contributed by atoms with Crippen LogP contribution in [0.2, 0.25) is 0 Å². The number of phosphoric ester groups is 1. The van der Waals surface area contributed by atoms with Crippen LogP contribution < -0.4 is 9.26 Å². The minimum absolute atomic E-state index is 0.0424. The standard InChI is InChI=1S/C26H39O6P/c1-8-11-12-25(4,5)16-13-19-22(20(14-16)32-33(28,29-9-2)30-10-3)21-17-15-18(26(17,6)7)23(27)24(21)31-19/h13-14,17-18,21,24H,8-12,15H2,1-7H3/t17-,18+,21+,24-/m1/s1. The van der Waals surface area contributed by atoms with Crippen LogP contribution in [0.1, 0.15) is 91.2 Å². The van der Waals surface area contributed by atoms with Gasteiger partial charge in [0.1, 0.15) is 11.5 Å². The van der Waals surface area contributed by atoms with Crippen LogP contribution in [-0.2, 0) is 23.8 Å². The molecule has 33 heavy (non-hydrogen) atoms. The fourth-order valence-electron chi connectivity index (χ4n) is 6.04. The Balaban J connectivity index is 1.82. The molecule has 184 valence electrons. The lowest BCUT2D eigenvalue weighted by molar-refractivity contribution is -0.164. The number of phosphoric acid groups is 1. The number of carbonyl (C=O) groups excluding carboxylic acids is 1. The van der Waals surface area contributed by atoms with Crippen molar-refractivity contribution in [3.8, 4) is 11.5 Å². The van der Waals surface area contributed by atoms with Gasteiger partial charge in [0.05, 0.1) is 13.2 Å². The summed E-state index contributed by atoms with van der Waals surface area (Å²) in [5.41, 5.74) is 1.68. The van der Waals surface area contributed by atoms with Gasteiger partial charge in [-0.05, 0) is 61.1 Å². The summed E-state index contributed by atoms with van der Waals surface area (Å²) >= 11 is 0. The molecule has 2 bridgehead atoms. The molecule has 1 aromatic carbocycles. The van der Waals surface area contributed by atoms with Gasteiger partial charge in [0.25, 0.3) is 0 Å². The third-order valence-corrected chi connectivity index (χ3v) is 9.71. The fraction of sp³-hybridized carbons (Fsp3) is 0.731. The maximum atomic E-state index is 13.4. The van der Waals surface area contributed by atoms with Crippen molar-refractivity contribution in [2.45, 2.75) is 91.6 Å². The molecule has 6 nitrogen and oxygen atoms in total. The molecule has 0 amide bonds. The van der Waals surface area contributed by atoms with Gasteiger partial charge >= 0.3 is 7.82 Å². The van der Waals surface area contributed by atoms with Crippen LogP contribution >= 0.6 is 7.82 Å². The van der Waals surface area contributed by atoms with E-state index in [0.717, 1.165) is 36.8 Å². The molecular formula is C26H39O6P. The SMILES string of the molecule is CCCCC(C)(C)c1cc2c(c(OP(=O)(OCC)OCC)c1)[C@@H]1[C@H]3C[C@@H](C(=O)[C@@H]1O2)C3(C)C. The Labute approximate surface area is 198 Å². The van der Waals surface area contributed by atoms with Gasteiger partial charge in [-0.15, -0.1) is 0 Å². The normalized spacial score (nSPS) is 27.4. The predicted molar refractivity (Wildman–Crippen MR) is 128 cm³/mol. The van der Waals surface area contributed by atoms with Crippen molar-refractivity contribution in [1.29, 1.82) is 0 Å². The molecule has 7 heteroatoms. The van der Waals surface area contributed by atoms with Gasteiger partial charge in [-0.25, -0.2) is 4.57 Å². The van der Waals surface area contributed by atoms with Crippen molar-refractivity contribution in [3.63, 3.8) is 0 Å². The molecule has 1 aliphatic heterocycles. The molecule has 3 aliphatic carbocycles. The average molecular weight is 479 g/mol. The lowest BCUT2D eigenvalue weighted by atomic mass is 9.44. The Hall–Kier alpha value is -1.36. The van der Waals surface area contributed by atoms with Gasteiger partial charge < -0.3 is 9.26 Å². The topological polar surface area (TPSA) is 71.1 Å². The first-order valence-electron chi connectivity index (χ1n) is 12.5.